The van der Waals surface area contributed by atoms with E-state index in [4.69, 9.17) is 4.74 Å². The van der Waals surface area contributed by atoms with Crippen molar-refractivity contribution < 1.29 is 18.7 Å². The largest absolute Gasteiger partial charge is 0.459 e. The first-order valence-corrected chi connectivity index (χ1v) is 11.4. The molecule has 5 nitrogen and oxygen atoms in total. The number of ether oxygens (including phenoxy) is 1. The van der Waals surface area contributed by atoms with Crippen molar-refractivity contribution in [3.8, 4) is 0 Å². The number of nitrogens with zero attached hydrogens (tertiary/aromatic N) is 2. The summed E-state index contributed by atoms with van der Waals surface area (Å²) in [5, 5.41) is 0. The van der Waals surface area contributed by atoms with E-state index in [1.807, 2.05) is 6.07 Å². The third-order valence-corrected chi connectivity index (χ3v) is 7.63. The Kier molecular flexibility index (Phi) is 5.30. The second-order valence-corrected chi connectivity index (χ2v) is 10.0. The SMILES string of the molecule is O=C(CC(=O)N1CCN(Cc2cccc(F)c2)CC1)OC12CC3CC(CC(C3)C1)C2. The first kappa shape index (κ1) is 20.0. The van der Waals surface area contributed by atoms with Crippen LogP contribution in [0.5, 0.6) is 0 Å². The van der Waals surface area contributed by atoms with Crippen LogP contribution in [0.15, 0.2) is 24.3 Å². The molecule has 30 heavy (non-hydrogen) atoms. The van der Waals surface area contributed by atoms with E-state index in [1.165, 1.54) is 25.3 Å². The van der Waals surface area contributed by atoms with E-state index in [9.17, 15) is 14.0 Å². The van der Waals surface area contributed by atoms with Crippen molar-refractivity contribution in [1.29, 1.82) is 0 Å². The quantitative estimate of drug-likeness (QED) is 0.548. The lowest BCUT2D eigenvalue weighted by atomic mass is 9.54. The number of piperazine rings is 1. The molecule has 1 aliphatic heterocycles. The van der Waals surface area contributed by atoms with Crippen molar-refractivity contribution in [2.45, 2.75) is 57.1 Å². The predicted molar refractivity (Wildman–Crippen MR) is 110 cm³/mol. The van der Waals surface area contributed by atoms with E-state index in [-0.39, 0.29) is 29.7 Å². The van der Waals surface area contributed by atoms with Gasteiger partial charge in [0.25, 0.3) is 0 Å². The van der Waals surface area contributed by atoms with Gasteiger partial charge in [-0.05, 0) is 74.0 Å². The summed E-state index contributed by atoms with van der Waals surface area (Å²) in [6.07, 6.45) is 6.75. The molecule has 1 aromatic carbocycles. The molecule has 1 amide bonds. The molecule has 0 aromatic heterocycles. The van der Waals surface area contributed by atoms with E-state index in [1.54, 1.807) is 17.0 Å². The highest BCUT2D eigenvalue weighted by Gasteiger charge is 2.53. The van der Waals surface area contributed by atoms with Gasteiger partial charge in [-0.25, -0.2) is 4.39 Å². The predicted octanol–water partition coefficient (Wildman–Crippen LogP) is 3.37. The Morgan fingerprint density at radius 1 is 1.00 bits per heavy atom. The molecule has 1 aromatic rings. The summed E-state index contributed by atoms with van der Waals surface area (Å²) in [5.74, 6) is 1.45. The zero-order valence-corrected chi connectivity index (χ0v) is 17.5. The average Bonchev–Trinajstić information content (AvgIpc) is 2.67. The number of carbonyl (C=O) groups excluding carboxylic acids is 2. The monoisotopic (exact) mass is 414 g/mol. The van der Waals surface area contributed by atoms with Gasteiger partial charge in [0.05, 0.1) is 0 Å². The number of rotatable bonds is 5. The number of hydrogen-bond acceptors (Lipinski definition) is 4. The van der Waals surface area contributed by atoms with Crippen LogP contribution in [0, 0.1) is 23.6 Å². The summed E-state index contributed by atoms with van der Waals surface area (Å²) < 4.78 is 19.4. The van der Waals surface area contributed by atoms with Gasteiger partial charge < -0.3 is 9.64 Å². The van der Waals surface area contributed by atoms with Gasteiger partial charge >= 0.3 is 5.97 Å². The third-order valence-electron chi connectivity index (χ3n) is 7.63. The van der Waals surface area contributed by atoms with E-state index in [0.717, 1.165) is 37.9 Å². The van der Waals surface area contributed by atoms with Gasteiger partial charge in [-0.2, -0.15) is 0 Å². The molecule has 162 valence electrons. The summed E-state index contributed by atoms with van der Waals surface area (Å²) in [5.41, 5.74) is 0.657. The number of esters is 1. The molecule has 5 fully saturated rings. The van der Waals surface area contributed by atoms with Crippen LogP contribution in [0.25, 0.3) is 0 Å². The van der Waals surface area contributed by atoms with Gasteiger partial charge in [0.15, 0.2) is 0 Å². The number of benzene rings is 1. The molecule has 0 radical (unpaired) electrons. The fourth-order valence-corrected chi connectivity index (χ4v) is 6.72. The Labute approximate surface area is 177 Å². The lowest BCUT2D eigenvalue weighted by Crippen LogP contribution is -2.53. The van der Waals surface area contributed by atoms with Crippen LogP contribution in [-0.4, -0.2) is 53.5 Å². The highest BCUT2D eigenvalue weighted by molar-refractivity contribution is 5.94. The first-order valence-electron chi connectivity index (χ1n) is 11.4. The van der Waals surface area contributed by atoms with Gasteiger partial charge in [0.1, 0.15) is 17.8 Å². The average molecular weight is 415 g/mol. The molecule has 1 saturated heterocycles. The van der Waals surface area contributed by atoms with Crippen LogP contribution in [0.1, 0.15) is 50.5 Å². The fourth-order valence-electron chi connectivity index (χ4n) is 6.72. The van der Waals surface area contributed by atoms with Gasteiger partial charge in [-0.15, -0.1) is 0 Å². The summed E-state index contributed by atoms with van der Waals surface area (Å²) in [7, 11) is 0. The zero-order chi connectivity index (χ0) is 20.7. The lowest BCUT2D eigenvalue weighted by Gasteiger charge is -2.55. The Hall–Kier alpha value is -1.95. The van der Waals surface area contributed by atoms with Gasteiger partial charge in [0, 0.05) is 32.7 Å². The normalized spacial score (nSPS) is 33.0. The molecule has 4 saturated carbocycles. The standard InChI is InChI=1S/C24H31FN2O3/c25-21-3-1-2-17(11-21)16-26-4-6-27(7-5-26)22(28)12-23(29)30-24-13-18-8-19(14-24)10-20(9-18)15-24/h1-3,11,18-20H,4-10,12-16H2. The van der Waals surface area contributed by atoms with Crippen LogP contribution < -0.4 is 0 Å². The van der Waals surface area contributed by atoms with Crippen molar-refractivity contribution in [2.24, 2.45) is 17.8 Å². The molecule has 0 unspecified atom stereocenters. The van der Waals surface area contributed by atoms with Crippen LogP contribution in [-0.2, 0) is 20.9 Å². The molecule has 5 aliphatic rings. The molecule has 6 rings (SSSR count). The Morgan fingerprint density at radius 3 is 2.23 bits per heavy atom. The summed E-state index contributed by atoms with van der Waals surface area (Å²) >= 11 is 0. The second-order valence-electron chi connectivity index (χ2n) is 10.0. The van der Waals surface area contributed by atoms with Gasteiger partial charge in [-0.3, -0.25) is 14.5 Å². The minimum atomic E-state index is -0.343. The van der Waals surface area contributed by atoms with Crippen molar-refractivity contribution >= 4 is 11.9 Å². The topological polar surface area (TPSA) is 49.9 Å². The molecule has 4 aliphatic carbocycles. The molecule has 0 spiro atoms. The van der Waals surface area contributed by atoms with Crippen LogP contribution >= 0.6 is 0 Å². The van der Waals surface area contributed by atoms with Crippen molar-refractivity contribution in [1.82, 2.24) is 9.80 Å². The van der Waals surface area contributed by atoms with E-state index in [0.29, 0.717) is 37.4 Å². The highest BCUT2D eigenvalue weighted by atomic mass is 19.1. The van der Waals surface area contributed by atoms with E-state index >= 15 is 0 Å². The van der Waals surface area contributed by atoms with Gasteiger partial charge in [0.2, 0.25) is 5.91 Å². The van der Waals surface area contributed by atoms with Crippen LogP contribution in [0.4, 0.5) is 4.39 Å². The summed E-state index contributed by atoms with van der Waals surface area (Å²) in [4.78, 5) is 29.2. The Bertz CT molecular complexity index is 783. The maximum absolute atomic E-state index is 13.4. The Balaban J connectivity index is 1.09. The van der Waals surface area contributed by atoms with Crippen molar-refractivity contribution in [2.75, 3.05) is 26.2 Å². The van der Waals surface area contributed by atoms with E-state index in [2.05, 4.69) is 4.90 Å². The lowest BCUT2D eigenvalue weighted by molar-refractivity contribution is -0.187. The zero-order valence-electron chi connectivity index (χ0n) is 17.5. The summed E-state index contributed by atoms with van der Waals surface area (Å²) in [6.45, 7) is 3.32. The third kappa shape index (κ3) is 4.25. The van der Waals surface area contributed by atoms with Crippen molar-refractivity contribution in [3.05, 3.63) is 35.6 Å². The molecule has 6 heteroatoms. The van der Waals surface area contributed by atoms with Crippen LogP contribution in [0.3, 0.4) is 0 Å². The molecular weight excluding hydrogens is 383 g/mol. The van der Waals surface area contributed by atoms with Crippen LogP contribution in [0.2, 0.25) is 0 Å². The van der Waals surface area contributed by atoms with E-state index < -0.39 is 0 Å². The minimum absolute atomic E-state index is 0.130. The maximum Gasteiger partial charge on any atom is 0.315 e. The fraction of sp³-hybridized carbons (Fsp3) is 0.667. The smallest absolute Gasteiger partial charge is 0.315 e. The Morgan fingerprint density at radius 2 is 1.63 bits per heavy atom. The molecule has 0 N–H and O–H groups in total. The second kappa shape index (κ2) is 7.95. The van der Waals surface area contributed by atoms with Gasteiger partial charge in [-0.1, -0.05) is 12.1 Å². The van der Waals surface area contributed by atoms with Crippen molar-refractivity contribution in [3.63, 3.8) is 0 Å². The number of hydrogen-bond donors (Lipinski definition) is 0. The number of halogens is 1. The number of carbonyl (C=O) groups is 2. The molecule has 0 atom stereocenters. The summed E-state index contributed by atoms with van der Waals surface area (Å²) in [6, 6.07) is 6.64. The minimum Gasteiger partial charge on any atom is -0.459 e. The molecular formula is C24H31FN2O3. The first-order chi connectivity index (χ1) is 14.5. The molecule has 1 heterocycles. The maximum atomic E-state index is 13.4. The molecule has 4 bridgehead atoms. The highest BCUT2D eigenvalue weighted by Crippen LogP contribution is 2.57. The number of amides is 1.